The van der Waals surface area contributed by atoms with Gasteiger partial charge < -0.3 is 10.4 Å². The average Bonchev–Trinajstić information content (AvgIpc) is 2.43. The number of nitrogens with one attached hydrogen (secondary N) is 1. The summed E-state index contributed by atoms with van der Waals surface area (Å²) in [4.78, 5) is 22.8. The molecule has 0 aromatic heterocycles. The third kappa shape index (κ3) is 6.40. The molecule has 1 fully saturated rings. The van der Waals surface area contributed by atoms with Crippen molar-refractivity contribution < 1.29 is 14.7 Å². The van der Waals surface area contributed by atoms with E-state index in [0.717, 1.165) is 12.8 Å². The van der Waals surface area contributed by atoms with Crippen LogP contribution in [0.25, 0.3) is 0 Å². The summed E-state index contributed by atoms with van der Waals surface area (Å²) < 4.78 is 0. The summed E-state index contributed by atoms with van der Waals surface area (Å²) in [5.41, 5.74) is 0. The first kappa shape index (κ1) is 17.0. The second-order valence-corrected chi connectivity index (χ2v) is 6.19. The molecule has 4 heteroatoms. The third-order valence-corrected chi connectivity index (χ3v) is 4.39. The van der Waals surface area contributed by atoms with E-state index in [1.54, 1.807) is 0 Å². The second kappa shape index (κ2) is 8.98. The fourth-order valence-electron chi connectivity index (χ4n) is 3.06. The number of carbonyl (C=O) groups is 2. The van der Waals surface area contributed by atoms with Crippen molar-refractivity contribution in [2.75, 3.05) is 0 Å². The number of amides is 1. The topological polar surface area (TPSA) is 66.4 Å². The molecule has 0 heterocycles. The minimum absolute atomic E-state index is 0.0565. The number of carbonyl (C=O) groups excluding carboxylic acids is 1. The Morgan fingerprint density at radius 1 is 1.25 bits per heavy atom. The van der Waals surface area contributed by atoms with E-state index >= 15 is 0 Å². The highest BCUT2D eigenvalue weighted by molar-refractivity contribution is 5.79. The zero-order chi connectivity index (χ0) is 15.0. The van der Waals surface area contributed by atoms with E-state index in [2.05, 4.69) is 12.2 Å². The highest BCUT2D eigenvalue weighted by atomic mass is 16.4. The lowest BCUT2D eigenvalue weighted by Gasteiger charge is -2.26. The molecule has 20 heavy (non-hydrogen) atoms. The van der Waals surface area contributed by atoms with Crippen LogP contribution in [0, 0.1) is 11.8 Å². The van der Waals surface area contributed by atoms with Crippen LogP contribution in [0.3, 0.4) is 0 Å². The van der Waals surface area contributed by atoms with E-state index in [4.69, 9.17) is 5.11 Å². The molecular weight excluding hydrogens is 254 g/mol. The van der Waals surface area contributed by atoms with E-state index in [9.17, 15) is 9.59 Å². The number of carboxylic acids is 1. The van der Waals surface area contributed by atoms with Gasteiger partial charge in [0.2, 0.25) is 5.91 Å². The van der Waals surface area contributed by atoms with Crippen LogP contribution in [0.2, 0.25) is 0 Å². The molecule has 1 rings (SSSR count). The summed E-state index contributed by atoms with van der Waals surface area (Å²) in [6.07, 6.45) is 8.95. The number of carboxylic acid groups (broad SMARTS) is 1. The molecule has 116 valence electrons. The quantitative estimate of drug-likeness (QED) is 0.718. The van der Waals surface area contributed by atoms with Crippen molar-refractivity contribution in [1.82, 2.24) is 5.32 Å². The summed E-state index contributed by atoms with van der Waals surface area (Å²) in [6.45, 7) is 3.95. The van der Waals surface area contributed by atoms with Crippen LogP contribution in [-0.4, -0.2) is 23.0 Å². The van der Waals surface area contributed by atoms with Crippen molar-refractivity contribution in [2.45, 2.75) is 77.7 Å². The van der Waals surface area contributed by atoms with Gasteiger partial charge in [-0.25, -0.2) is 0 Å². The van der Waals surface area contributed by atoms with Crippen molar-refractivity contribution in [3.63, 3.8) is 0 Å². The maximum absolute atomic E-state index is 12.2. The summed E-state index contributed by atoms with van der Waals surface area (Å²) in [7, 11) is 0. The van der Waals surface area contributed by atoms with Crippen LogP contribution in [-0.2, 0) is 9.59 Å². The maximum atomic E-state index is 12.2. The first-order chi connectivity index (χ1) is 9.52. The van der Waals surface area contributed by atoms with Gasteiger partial charge in [-0.15, -0.1) is 0 Å². The largest absolute Gasteiger partial charge is 0.481 e. The van der Waals surface area contributed by atoms with Crippen molar-refractivity contribution in [3.05, 3.63) is 0 Å². The zero-order valence-corrected chi connectivity index (χ0v) is 12.9. The third-order valence-electron chi connectivity index (χ3n) is 4.39. The Labute approximate surface area is 122 Å². The van der Waals surface area contributed by atoms with E-state index in [0.29, 0.717) is 12.3 Å². The molecule has 0 aromatic rings. The van der Waals surface area contributed by atoms with Crippen molar-refractivity contribution in [1.29, 1.82) is 0 Å². The number of rotatable bonds is 8. The molecule has 1 saturated carbocycles. The average molecular weight is 283 g/mol. The van der Waals surface area contributed by atoms with E-state index < -0.39 is 5.97 Å². The second-order valence-electron chi connectivity index (χ2n) is 6.19. The van der Waals surface area contributed by atoms with Crippen LogP contribution in [0.5, 0.6) is 0 Å². The van der Waals surface area contributed by atoms with Crippen LogP contribution < -0.4 is 5.32 Å². The van der Waals surface area contributed by atoms with Crippen molar-refractivity contribution in [3.8, 4) is 0 Å². The van der Waals surface area contributed by atoms with Crippen molar-refractivity contribution >= 4 is 11.9 Å². The number of aliphatic carboxylic acids is 1. The SMILES string of the molecule is CCC(CC1CCCCC1)C(=O)NC(C)CCC(=O)O. The zero-order valence-electron chi connectivity index (χ0n) is 12.9. The van der Waals surface area contributed by atoms with Crippen LogP contribution >= 0.6 is 0 Å². The lowest BCUT2D eigenvalue weighted by atomic mass is 9.81. The Hall–Kier alpha value is -1.06. The first-order valence-corrected chi connectivity index (χ1v) is 8.05. The molecule has 1 amide bonds. The van der Waals surface area contributed by atoms with Gasteiger partial charge in [0.25, 0.3) is 0 Å². The molecule has 0 bridgehead atoms. The Balaban J connectivity index is 2.35. The molecule has 4 nitrogen and oxygen atoms in total. The molecule has 2 unspecified atom stereocenters. The molecule has 2 atom stereocenters. The number of hydrogen-bond acceptors (Lipinski definition) is 2. The molecule has 0 radical (unpaired) electrons. The molecule has 0 spiro atoms. The monoisotopic (exact) mass is 283 g/mol. The molecule has 0 saturated heterocycles. The Bertz CT molecular complexity index is 311. The van der Waals surface area contributed by atoms with E-state index in [-0.39, 0.29) is 24.3 Å². The summed E-state index contributed by atoms with van der Waals surface area (Å²) >= 11 is 0. The summed E-state index contributed by atoms with van der Waals surface area (Å²) in [5, 5.41) is 11.6. The molecule has 1 aliphatic carbocycles. The van der Waals surface area contributed by atoms with Gasteiger partial charge in [0, 0.05) is 18.4 Å². The Morgan fingerprint density at radius 3 is 2.45 bits per heavy atom. The summed E-state index contributed by atoms with van der Waals surface area (Å²) in [5.74, 6) is 0.0930. The highest BCUT2D eigenvalue weighted by Crippen LogP contribution is 2.30. The predicted molar refractivity (Wildman–Crippen MR) is 79.4 cm³/mol. The van der Waals surface area contributed by atoms with Crippen molar-refractivity contribution in [2.24, 2.45) is 11.8 Å². The smallest absolute Gasteiger partial charge is 0.303 e. The minimum Gasteiger partial charge on any atom is -0.481 e. The normalized spacial score (nSPS) is 19.3. The lowest BCUT2D eigenvalue weighted by molar-refractivity contribution is -0.137. The molecule has 0 aliphatic heterocycles. The fraction of sp³-hybridized carbons (Fsp3) is 0.875. The van der Waals surface area contributed by atoms with Crippen LogP contribution in [0.15, 0.2) is 0 Å². The Morgan fingerprint density at radius 2 is 1.90 bits per heavy atom. The molecule has 1 aliphatic rings. The van der Waals surface area contributed by atoms with Gasteiger partial charge in [-0.1, -0.05) is 39.0 Å². The standard InChI is InChI=1S/C16H29NO3/c1-3-14(11-13-7-5-4-6-8-13)16(20)17-12(2)9-10-15(18)19/h12-14H,3-11H2,1-2H3,(H,17,20)(H,18,19). The van der Waals surface area contributed by atoms with E-state index in [1.807, 2.05) is 6.92 Å². The van der Waals surface area contributed by atoms with Gasteiger partial charge in [-0.3, -0.25) is 9.59 Å². The summed E-state index contributed by atoms with van der Waals surface area (Å²) in [6, 6.07) is -0.0565. The predicted octanol–water partition coefficient (Wildman–Crippen LogP) is 3.35. The van der Waals surface area contributed by atoms with Gasteiger partial charge in [0.05, 0.1) is 0 Å². The van der Waals surface area contributed by atoms with Gasteiger partial charge in [0.15, 0.2) is 0 Å². The lowest BCUT2D eigenvalue weighted by Crippen LogP contribution is -2.38. The molecule has 0 aromatic carbocycles. The molecular formula is C16H29NO3. The van der Waals surface area contributed by atoms with Gasteiger partial charge in [0.1, 0.15) is 0 Å². The molecule has 2 N–H and O–H groups in total. The van der Waals surface area contributed by atoms with Gasteiger partial charge in [-0.05, 0) is 32.1 Å². The van der Waals surface area contributed by atoms with Gasteiger partial charge in [-0.2, -0.15) is 0 Å². The van der Waals surface area contributed by atoms with E-state index in [1.165, 1.54) is 32.1 Å². The Kier molecular flexibility index (Phi) is 7.63. The first-order valence-electron chi connectivity index (χ1n) is 8.05. The highest BCUT2D eigenvalue weighted by Gasteiger charge is 2.23. The van der Waals surface area contributed by atoms with Crippen LogP contribution in [0.1, 0.15) is 71.6 Å². The minimum atomic E-state index is -0.805. The fourth-order valence-corrected chi connectivity index (χ4v) is 3.06. The maximum Gasteiger partial charge on any atom is 0.303 e. The number of hydrogen-bond donors (Lipinski definition) is 2. The van der Waals surface area contributed by atoms with Gasteiger partial charge >= 0.3 is 5.97 Å². The van der Waals surface area contributed by atoms with Crippen LogP contribution in [0.4, 0.5) is 0 Å².